The van der Waals surface area contributed by atoms with E-state index in [0.29, 0.717) is 18.5 Å². The van der Waals surface area contributed by atoms with Crippen LogP contribution in [0.1, 0.15) is 31.4 Å². The molecule has 15 heteroatoms. The van der Waals surface area contributed by atoms with Gasteiger partial charge >= 0.3 is 29.0 Å². The molecule has 1 aromatic carbocycles. The quantitative estimate of drug-likeness (QED) is 0.0884. The smallest absolute Gasteiger partial charge is 0.495 e. The van der Waals surface area contributed by atoms with Crippen LogP contribution in [0.2, 0.25) is 0 Å². The van der Waals surface area contributed by atoms with Crippen LogP contribution in [-0.4, -0.2) is 92.6 Å². The summed E-state index contributed by atoms with van der Waals surface area (Å²) in [5.74, 6) is -2.51. The number of hydrogen-bond acceptors (Lipinski definition) is 8. The van der Waals surface area contributed by atoms with E-state index >= 15 is 0 Å². The third kappa shape index (κ3) is 10.6. The molecule has 1 heterocycles. The fourth-order valence-corrected chi connectivity index (χ4v) is 5.11. The summed E-state index contributed by atoms with van der Waals surface area (Å²) in [6.07, 6.45) is 4.54. The van der Waals surface area contributed by atoms with Crippen molar-refractivity contribution >= 4 is 33.6 Å². The fourth-order valence-electron chi connectivity index (χ4n) is 4.63. The van der Waals surface area contributed by atoms with Gasteiger partial charge in [0.15, 0.2) is 0 Å². The summed E-state index contributed by atoms with van der Waals surface area (Å²) in [5.41, 5.74) is 0.902. The van der Waals surface area contributed by atoms with Crippen LogP contribution in [0.4, 0.5) is 5.69 Å². The van der Waals surface area contributed by atoms with Crippen molar-refractivity contribution in [1.29, 1.82) is 0 Å². The first-order valence-corrected chi connectivity index (χ1v) is 13.1. The Morgan fingerprint density at radius 1 is 0.897 bits per heavy atom. The summed E-state index contributed by atoms with van der Waals surface area (Å²) in [6.45, 7) is -0.584. The first-order chi connectivity index (χ1) is 17.5. The largest absolute Gasteiger partial charge is 2.00 e. The predicted molar refractivity (Wildman–Crippen MR) is 138 cm³/mol. The number of aliphatic hydroxyl groups excluding tert-OH is 1. The summed E-state index contributed by atoms with van der Waals surface area (Å²) < 4.78 is 31.5. The van der Waals surface area contributed by atoms with Crippen molar-refractivity contribution in [3.05, 3.63) is 54.4 Å². The molecule has 1 aromatic heterocycles. The van der Waals surface area contributed by atoms with Crippen molar-refractivity contribution in [3.63, 3.8) is 0 Å². The molecule has 7 N–H and O–H groups in total. The van der Waals surface area contributed by atoms with Gasteiger partial charge in [0.05, 0.1) is 35.9 Å². The van der Waals surface area contributed by atoms with Crippen LogP contribution in [-0.2, 0) is 48.8 Å². The van der Waals surface area contributed by atoms with Crippen LogP contribution in [0.5, 0.6) is 0 Å². The van der Waals surface area contributed by atoms with Gasteiger partial charge in [-0.3, -0.25) is 28.9 Å². The van der Waals surface area contributed by atoms with E-state index in [0.717, 1.165) is 25.0 Å². The Kier molecular flexibility index (Phi) is 13.7. The number of aromatic nitrogens is 1. The van der Waals surface area contributed by atoms with Crippen molar-refractivity contribution in [2.24, 2.45) is 4.99 Å². The zero-order valence-corrected chi connectivity index (χ0v) is 22.9. The normalized spacial score (nSPS) is 17.8. The fraction of sp³-hybridized carbons (Fsp3) is 0.417. The van der Waals surface area contributed by atoms with Crippen LogP contribution in [0.3, 0.4) is 0 Å². The minimum atomic E-state index is -4.38. The Hall–Kier alpha value is -2.91. The maximum Gasteiger partial charge on any atom is 2.00 e. The first-order valence-electron chi connectivity index (χ1n) is 11.7. The Morgan fingerprint density at radius 2 is 1.46 bits per heavy atom. The van der Waals surface area contributed by atoms with Crippen LogP contribution >= 0.6 is 0 Å². The minimum Gasteiger partial charge on any atom is -0.495 e. The average molecular weight is 609 g/mol. The Morgan fingerprint density at radius 3 is 1.97 bits per heavy atom. The van der Waals surface area contributed by atoms with E-state index in [9.17, 15) is 33.3 Å². The molecule has 1 saturated carbocycles. The Balaban J connectivity index is 0.00000380. The molecule has 0 amide bonds. The van der Waals surface area contributed by atoms with Gasteiger partial charge < -0.3 is 20.8 Å². The maximum atomic E-state index is 11.7. The summed E-state index contributed by atoms with van der Waals surface area (Å²) in [7, 11) is -4.38. The molecule has 13 nitrogen and oxygen atoms in total. The van der Waals surface area contributed by atoms with E-state index in [1.165, 1.54) is 12.1 Å². The van der Waals surface area contributed by atoms with Gasteiger partial charge in [-0.25, -0.2) is 4.99 Å². The zero-order chi connectivity index (χ0) is 27.0. The summed E-state index contributed by atoms with van der Waals surface area (Å²) in [4.78, 5) is 34.8. The van der Waals surface area contributed by atoms with E-state index in [1.54, 1.807) is 28.1 Å². The number of carboxylic acid groups (broad SMARTS) is 2. The molecule has 214 valence electrons. The van der Waals surface area contributed by atoms with Gasteiger partial charge in [0.1, 0.15) is 0 Å². The molecule has 1 aliphatic rings. The van der Waals surface area contributed by atoms with E-state index in [-0.39, 0.29) is 70.7 Å². The second kappa shape index (κ2) is 15.6. The number of aliphatic hydroxyl groups is 1. The van der Waals surface area contributed by atoms with Gasteiger partial charge in [-0.05, 0) is 49.2 Å². The SMILES string of the molecule is O=C(O)CN(CC(O)=Nc1ccc(S(=O)(=O)O)cc1)C1CCCC[C@@H]1N(CC(=O)O)Cc1ccccn1.[Fe+2].[OH3+]. The van der Waals surface area contributed by atoms with Crippen molar-refractivity contribution < 1.29 is 60.4 Å². The minimum absolute atomic E-state index is 0. The van der Waals surface area contributed by atoms with Crippen molar-refractivity contribution in [2.75, 3.05) is 19.6 Å². The third-order valence-corrected chi connectivity index (χ3v) is 7.01. The number of aliphatic imine (C=N–C) groups is 1. The second-order valence-corrected chi connectivity index (χ2v) is 10.3. The van der Waals surface area contributed by atoms with Crippen molar-refractivity contribution in [2.45, 2.75) is 49.2 Å². The van der Waals surface area contributed by atoms with E-state index in [1.807, 2.05) is 6.07 Å². The molecule has 0 saturated heterocycles. The Bertz CT molecular complexity index is 1210. The number of nitrogens with zero attached hydrogens (tertiary/aromatic N) is 4. The summed E-state index contributed by atoms with van der Waals surface area (Å²) in [5, 5.41) is 29.7. The predicted octanol–water partition coefficient (Wildman–Crippen LogP) is 1.28. The molecular weight excluding hydrogens is 576 g/mol. The number of pyridine rings is 1. The van der Waals surface area contributed by atoms with Crippen LogP contribution in [0.15, 0.2) is 58.5 Å². The zero-order valence-electron chi connectivity index (χ0n) is 21.0. The van der Waals surface area contributed by atoms with E-state index in [2.05, 4.69) is 9.98 Å². The standard InChI is InChI=1S/C24H30N4O8S.Fe.H2O/c29-22(26-17-8-10-19(11-9-17)37(34,35)36)14-28(16-24(32)33)21-7-2-1-6-20(21)27(15-23(30)31)13-18-5-3-4-12-25-18;;/h3-5,8-12,20-21H,1-2,6-7,13-16H2,(H,26,29)(H,30,31)(H,32,33)(H,34,35,36);;1H2/q;+2;/p+1/t20-,21?;;/m0../s1. The molecule has 0 bridgehead atoms. The summed E-state index contributed by atoms with van der Waals surface area (Å²) >= 11 is 0. The molecule has 1 unspecified atom stereocenters. The monoisotopic (exact) mass is 609 g/mol. The van der Waals surface area contributed by atoms with Gasteiger partial charge in [-0.2, -0.15) is 8.42 Å². The van der Waals surface area contributed by atoms with E-state index in [4.69, 9.17) is 4.55 Å². The molecule has 1 fully saturated rings. The number of aliphatic carboxylic acids is 2. The number of rotatable bonds is 12. The molecule has 1 aliphatic carbocycles. The molecule has 39 heavy (non-hydrogen) atoms. The average Bonchev–Trinajstić information content (AvgIpc) is 2.83. The number of carboxylic acids is 2. The number of benzene rings is 1. The van der Waals surface area contributed by atoms with Crippen molar-refractivity contribution in [1.82, 2.24) is 14.8 Å². The molecule has 3 rings (SSSR count). The molecule has 0 radical (unpaired) electrons. The van der Waals surface area contributed by atoms with E-state index < -0.39 is 28.6 Å². The van der Waals surface area contributed by atoms with Gasteiger partial charge in [0.25, 0.3) is 10.1 Å². The third-order valence-electron chi connectivity index (χ3n) is 6.14. The molecule has 0 aliphatic heterocycles. The van der Waals surface area contributed by atoms with Gasteiger partial charge in [0, 0.05) is 24.8 Å². The molecule has 2 atom stereocenters. The van der Waals surface area contributed by atoms with Gasteiger partial charge in [-0.15, -0.1) is 0 Å². The molecule has 2 aromatic rings. The second-order valence-electron chi connectivity index (χ2n) is 8.83. The topological polar surface area (TPSA) is 214 Å². The molecular formula is C24H33FeN4O9S+3. The Labute approximate surface area is 236 Å². The maximum absolute atomic E-state index is 11.7. The van der Waals surface area contributed by atoms with Crippen LogP contribution in [0, 0.1) is 0 Å². The van der Waals surface area contributed by atoms with Gasteiger partial charge in [-0.1, -0.05) is 18.9 Å². The first kappa shape index (κ1) is 34.1. The van der Waals surface area contributed by atoms with Crippen molar-refractivity contribution in [3.8, 4) is 0 Å². The number of hydrogen-bond donors (Lipinski definition) is 4. The molecule has 0 spiro atoms. The summed E-state index contributed by atoms with van der Waals surface area (Å²) in [6, 6.07) is 9.57. The van der Waals surface area contributed by atoms with Crippen LogP contribution in [0.25, 0.3) is 0 Å². The van der Waals surface area contributed by atoms with Crippen LogP contribution < -0.4 is 0 Å². The number of carbonyl (C=O) groups is 2. The van der Waals surface area contributed by atoms with Gasteiger partial charge in [0.2, 0.25) is 5.90 Å².